The highest BCUT2D eigenvalue weighted by Gasteiger charge is 2.24. The fourth-order valence-electron chi connectivity index (χ4n) is 3.34. The third-order valence-corrected chi connectivity index (χ3v) is 4.89. The number of hydrogen-bond donors (Lipinski definition) is 0. The third-order valence-electron chi connectivity index (χ3n) is 4.89. The van der Waals surface area contributed by atoms with Gasteiger partial charge in [0.05, 0.1) is 21.3 Å². The minimum Gasteiger partial charge on any atom is -0.493 e. The van der Waals surface area contributed by atoms with Gasteiger partial charge in [-0.2, -0.15) is 0 Å². The molecular formula is C21H25FN2O4. The van der Waals surface area contributed by atoms with Crippen LogP contribution in [0.5, 0.6) is 17.2 Å². The first-order valence-electron chi connectivity index (χ1n) is 9.11. The van der Waals surface area contributed by atoms with Crippen LogP contribution in [-0.4, -0.2) is 63.2 Å². The van der Waals surface area contributed by atoms with Crippen molar-refractivity contribution in [1.82, 2.24) is 9.80 Å². The van der Waals surface area contributed by atoms with Gasteiger partial charge in [0, 0.05) is 38.3 Å². The molecule has 1 saturated heterocycles. The Kier molecular flexibility index (Phi) is 6.36. The van der Waals surface area contributed by atoms with Crippen LogP contribution >= 0.6 is 0 Å². The van der Waals surface area contributed by atoms with Crippen molar-refractivity contribution >= 4 is 5.91 Å². The van der Waals surface area contributed by atoms with Crippen LogP contribution in [0.25, 0.3) is 0 Å². The number of rotatable bonds is 6. The number of hydrogen-bond acceptors (Lipinski definition) is 5. The summed E-state index contributed by atoms with van der Waals surface area (Å²) in [7, 11) is 4.59. The molecule has 0 bridgehead atoms. The average Bonchev–Trinajstić information content (AvgIpc) is 2.74. The summed E-state index contributed by atoms with van der Waals surface area (Å²) in [5.41, 5.74) is 1.56. The molecule has 0 unspecified atom stereocenters. The zero-order valence-electron chi connectivity index (χ0n) is 16.4. The van der Waals surface area contributed by atoms with Crippen LogP contribution in [0.2, 0.25) is 0 Å². The molecule has 7 heteroatoms. The Balaban J connectivity index is 1.65. The lowest BCUT2D eigenvalue weighted by atomic mass is 10.1. The summed E-state index contributed by atoms with van der Waals surface area (Å²) in [5.74, 6) is 1.08. The smallest absolute Gasteiger partial charge is 0.254 e. The van der Waals surface area contributed by atoms with Crippen molar-refractivity contribution < 1.29 is 23.4 Å². The van der Waals surface area contributed by atoms with Gasteiger partial charge in [-0.15, -0.1) is 0 Å². The molecule has 3 rings (SSSR count). The Hall–Kier alpha value is -2.80. The first-order valence-corrected chi connectivity index (χ1v) is 9.11. The maximum Gasteiger partial charge on any atom is 0.254 e. The second-order valence-electron chi connectivity index (χ2n) is 6.61. The summed E-state index contributed by atoms with van der Waals surface area (Å²) in [6.07, 6.45) is 0. The van der Waals surface area contributed by atoms with Crippen LogP contribution in [0.3, 0.4) is 0 Å². The van der Waals surface area contributed by atoms with Gasteiger partial charge < -0.3 is 19.1 Å². The van der Waals surface area contributed by atoms with E-state index in [0.29, 0.717) is 35.9 Å². The Morgan fingerprint density at radius 2 is 1.50 bits per heavy atom. The highest BCUT2D eigenvalue weighted by Crippen LogP contribution is 2.38. The molecule has 0 atom stereocenters. The number of methoxy groups -OCH3 is 3. The number of amides is 1. The number of halogens is 1. The van der Waals surface area contributed by atoms with Crippen molar-refractivity contribution in [3.8, 4) is 17.2 Å². The highest BCUT2D eigenvalue weighted by molar-refractivity contribution is 5.95. The lowest BCUT2D eigenvalue weighted by molar-refractivity contribution is 0.0627. The zero-order valence-corrected chi connectivity index (χ0v) is 16.4. The minimum atomic E-state index is -0.232. The second kappa shape index (κ2) is 8.93. The molecule has 0 aliphatic carbocycles. The number of benzene rings is 2. The number of piperazine rings is 1. The largest absolute Gasteiger partial charge is 0.493 e. The maximum atomic E-state index is 13.0. The molecule has 0 aromatic heterocycles. The molecule has 1 fully saturated rings. The molecule has 1 heterocycles. The van der Waals surface area contributed by atoms with E-state index in [1.54, 1.807) is 24.3 Å². The van der Waals surface area contributed by atoms with E-state index in [1.165, 1.54) is 33.5 Å². The first-order chi connectivity index (χ1) is 13.5. The van der Waals surface area contributed by atoms with Crippen molar-refractivity contribution in [3.05, 3.63) is 53.3 Å². The molecule has 150 valence electrons. The molecule has 28 heavy (non-hydrogen) atoms. The summed E-state index contributed by atoms with van der Waals surface area (Å²) in [6, 6.07) is 9.88. The maximum absolute atomic E-state index is 13.0. The Bertz CT molecular complexity index is 793. The fourth-order valence-corrected chi connectivity index (χ4v) is 3.34. The van der Waals surface area contributed by atoms with E-state index in [9.17, 15) is 9.18 Å². The SMILES string of the molecule is COc1cc(C(=O)N2CCN(Cc3ccc(F)cc3)CC2)cc(OC)c1OC. The van der Waals surface area contributed by atoms with Crippen molar-refractivity contribution in [3.63, 3.8) is 0 Å². The van der Waals surface area contributed by atoms with Crippen LogP contribution in [-0.2, 0) is 6.54 Å². The lowest BCUT2D eigenvalue weighted by Crippen LogP contribution is -2.48. The van der Waals surface area contributed by atoms with Crippen LogP contribution in [0.1, 0.15) is 15.9 Å². The topological polar surface area (TPSA) is 51.2 Å². The number of nitrogens with zero attached hydrogens (tertiary/aromatic N) is 2. The van der Waals surface area contributed by atoms with E-state index in [0.717, 1.165) is 25.2 Å². The van der Waals surface area contributed by atoms with Crippen LogP contribution in [0.4, 0.5) is 4.39 Å². The molecule has 1 aliphatic rings. The summed E-state index contributed by atoms with van der Waals surface area (Å²) >= 11 is 0. The molecule has 1 aliphatic heterocycles. The van der Waals surface area contributed by atoms with Crippen LogP contribution in [0, 0.1) is 5.82 Å². The first kappa shape index (κ1) is 19.9. The predicted molar refractivity (Wildman–Crippen MR) is 104 cm³/mol. The lowest BCUT2D eigenvalue weighted by Gasteiger charge is -2.35. The molecular weight excluding hydrogens is 363 g/mol. The third kappa shape index (κ3) is 4.36. The Morgan fingerprint density at radius 1 is 0.929 bits per heavy atom. The second-order valence-corrected chi connectivity index (χ2v) is 6.61. The molecule has 2 aromatic carbocycles. The number of carbonyl (C=O) groups is 1. The van der Waals surface area contributed by atoms with Gasteiger partial charge in [-0.05, 0) is 29.8 Å². The molecule has 0 radical (unpaired) electrons. The normalized spacial score (nSPS) is 14.6. The predicted octanol–water partition coefficient (Wildman–Crippen LogP) is 2.81. The van der Waals surface area contributed by atoms with Gasteiger partial charge in [-0.1, -0.05) is 12.1 Å². The van der Waals surface area contributed by atoms with Crippen molar-refractivity contribution in [2.45, 2.75) is 6.54 Å². The van der Waals surface area contributed by atoms with Crippen LogP contribution in [0.15, 0.2) is 36.4 Å². The van der Waals surface area contributed by atoms with Gasteiger partial charge in [-0.25, -0.2) is 4.39 Å². The van der Waals surface area contributed by atoms with E-state index >= 15 is 0 Å². The summed E-state index contributed by atoms with van der Waals surface area (Å²) in [4.78, 5) is 17.0. The van der Waals surface area contributed by atoms with E-state index in [2.05, 4.69) is 4.90 Å². The van der Waals surface area contributed by atoms with Crippen molar-refractivity contribution in [2.75, 3.05) is 47.5 Å². The van der Waals surface area contributed by atoms with E-state index < -0.39 is 0 Å². The minimum absolute atomic E-state index is 0.0688. The van der Waals surface area contributed by atoms with Gasteiger partial charge in [0.1, 0.15) is 5.82 Å². The highest BCUT2D eigenvalue weighted by atomic mass is 19.1. The van der Waals surface area contributed by atoms with E-state index in [4.69, 9.17) is 14.2 Å². The summed E-state index contributed by atoms with van der Waals surface area (Å²) in [6.45, 7) is 3.50. The number of carbonyl (C=O) groups excluding carboxylic acids is 1. The van der Waals surface area contributed by atoms with Gasteiger partial charge in [0.25, 0.3) is 5.91 Å². The van der Waals surface area contributed by atoms with Gasteiger partial charge in [0.2, 0.25) is 5.75 Å². The monoisotopic (exact) mass is 388 g/mol. The Morgan fingerprint density at radius 3 is 2.00 bits per heavy atom. The van der Waals surface area contributed by atoms with E-state index in [-0.39, 0.29) is 11.7 Å². The van der Waals surface area contributed by atoms with Crippen molar-refractivity contribution in [2.24, 2.45) is 0 Å². The average molecular weight is 388 g/mol. The molecule has 0 saturated carbocycles. The molecule has 0 N–H and O–H groups in total. The van der Waals surface area contributed by atoms with Gasteiger partial charge in [0.15, 0.2) is 11.5 Å². The molecule has 2 aromatic rings. The Labute approximate surface area is 164 Å². The van der Waals surface area contributed by atoms with Gasteiger partial charge >= 0.3 is 0 Å². The summed E-state index contributed by atoms with van der Waals surface area (Å²) in [5, 5.41) is 0. The number of ether oxygens (including phenoxy) is 3. The van der Waals surface area contributed by atoms with Gasteiger partial charge in [-0.3, -0.25) is 9.69 Å². The standard InChI is InChI=1S/C21H25FN2O4/c1-26-18-12-16(13-19(27-2)20(18)28-3)21(25)24-10-8-23(9-11-24)14-15-4-6-17(22)7-5-15/h4-7,12-13H,8-11,14H2,1-3H3. The molecule has 6 nitrogen and oxygen atoms in total. The molecule has 0 spiro atoms. The zero-order chi connectivity index (χ0) is 20.1. The van der Waals surface area contributed by atoms with E-state index in [1.807, 2.05) is 4.90 Å². The molecule has 1 amide bonds. The quantitative estimate of drug-likeness (QED) is 0.762. The summed E-state index contributed by atoms with van der Waals surface area (Å²) < 4.78 is 29.0. The van der Waals surface area contributed by atoms with Crippen molar-refractivity contribution in [1.29, 1.82) is 0 Å². The fraction of sp³-hybridized carbons (Fsp3) is 0.381. The van der Waals surface area contributed by atoms with Crippen LogP contribution < -0.4 is 14.2 Å².